The number of nitrogens with zero attached hydrogens (tertiary/aromatic N) is 2. The molecule has 290 valence electrons. The van der Waals surface area contributed by atoms with Gasteiger partial charge in [0.25, 0.3) is 0 Å². The molecule has 0 fully saturated rings. The van der Waals surface area contributed by atoms with Crippen LogP contribution in [0, 0.1) is 11.7 Å². The molecular weight excluding hydrogens is 683 g/mol. The standard InChI is InChI=1S/C44H63N3O5S/c1-7-11-12-13-14-15-16-17-18-19-20-21-22-24-33-25-23-26-37(52-10-4)39(33)44(8-2)38(41(48)49)32(6)46(9-3)36(40(44)42(50)51)30-47-35-28-27-31(5)29-34(35)45-43(47)53/h23,25-29H,7-22,24,30H2,1-6H3,(H,45,53)(H,48,49)(H,50,51). The van der Waals surface area contributed by atoms with Crippen LogP contribution in [0.4, 0.5) is 0 Å². The number of carboxylic acids is 2. The maximum atomic E-state index is 13.9. The third-order valence-electron chi connectivity index (χ3n) is 11.1. The van der Waals surface area contributed by atoms with E-state index in [1.165, 1.54) is 64.2 Å². The van der Waals surface area contributed by atoms with E-state index in [2.05, 4.69) is 11.9 Å². The summed E-state index contributed by atoms with van der Waals surface area (Å²) in [5.41, 5.74) is 4.13. The molecule has 0 spiro atoms. The third kappa shape index (κ3) is 9.45. The molecule has 2 aromatic carbocycles. The largest absolute Gasteiger partial charge is 0.494 e. The molecule has 0 aliphatic carbocycles. The number of aryl methyl sites for hydroxylation is 2. The van der Waals surface area contributed by atoms with Gasteiger partial charge in [-0.05, 0) is 88.5 Å². The number of ether oxygens (including phenoxy) is 1. The minimum atomic E-state index is -1.48. The van der Waals surface area contributed by atoms with Gasteiger partial charge in [-0.3, -0.25) is 0 Å². The number of aromatic amines is 1. The average molecular weight is 746 g/mol. The summed E-state index contributed by atoms with van der Waals surface area (Å²) in [7, 11) is 0. The highest BCUT2D eigenvalue weighted by atomic mass is 32.1. The van der Waals surface area contributed by atoms with E-state index in [1.807, 2.05) is 80.5 Å². The van der Waals surface area contributed by atoms with Crippen molar-refractivity contribution >= 4 is 35.2 Å². The quantitative estimate of drug-likeness (QED) is 0.0655. The highest BCUT2D eigenvalue weighted by molar-refractivity contribution is 7.71. The van der Waals surface area contributed by atoms with Gasteiger partial charge in [0.2, 0.25) is 0 Å². The van der Waals surface area contributed by atoms with Crippen LogP contribution < -0.4 is 4.74 Å². The third-order valence-corrected chi connectivity index (χ3v) is 11.5. The van der Waals surface area contributed by atoms with Gasteiger partial charge >= 0.3 is 11.9 Å². The van der Waals surface area contributed by atoms with Crippen molar-refractivity contribution in [2.24, 2.45) is 0 Å². The number of aromatic nitrogens is 2. The van der Waals surface area contributed by atoms with E-state index in [4.69, 9.17) is 17.0 Å². The first-order valence-electron chi connectivity index (χ1n) is 20.2. The Hall–Kier alpha value is -3.85. The number of hydrogen-bond acceptors (Lipinski definition) is 5. The van der Waals surface area contributed by atoms with Crippen molar-refractivity contribution in [3.8, 4) is 5.75 Å². The molecular formula is C44H63N3O5S. The van der Waals surface area contributed by atoms with E-state index >= 15 is 0 Å². The van der Waals surface area contributed by atoms with Gasteiger partial charge in [-0.25, -0.2) is 9.59 Å². The van der Waals surface area contributed by atoms with Crippen LogP contribution in [-0.2, 0) is 28.0 Å². The zero-order chi connectivity index (χ0) is 38.5. The number of rotatable bonds is 23. The van der Waals surface area contributed by atoms with Crippen LogP contribution in [0.3, 0.4) is 0 Å². The molecule has 4 rings (SSSR count). The van der Waals surface area contributed by atoms with Gasteiger partial charge in [0, 0.05) is 23.5 Å². The fourth-order valence-corrected chi connectivity index (χ4v) is 8.90. The minimum absolute atomic E-state index is 0.0620. The SMILES string of the molecule is CCCCCCCCCCCCCCCc1cccc(OCC)c1C1(CC)C(C(=O)O)=C(C)N(CC)C(Cn2c(=S)[nH]c3cc(C)ccc32)=C1C(=O)O. The topological polar surface area (TPSA) is 108 Å². The Morgan fingerprint density at radius 2 is 1.42 bits per heavy atom. The number of nitrogens with one attached hydrogen (secondary N) is 1. The van der Waals surface area contributed by atoms with Gasteiger partial charge in [0.15, 0.2) is 4.77 Å². The Kier molecular flexibility index (Phi) is 15.8. The zero-order valence-electron chi connectivity index (χ0n) is 33.1. The van der Waals surface area contributed by atoms with E-state index in [0.717, 1.165) is 41.4 Å². The zero-order valence-corrected chi connectivity index (χ0v) is 33.9. The molecule has 8 nitrogen and oxygen atoms in total. The number of aliphatic carboxylic acids is 2. The number of carbonyl (C=O) groups is 2. The summed E-state index contributed by atoms with van der Waals surface area (Å²) in [6.45, 7) is 12.7. The van der Waals surface area contributed by atoms with Crippen molar-refractivity contribution < 1.29 is 24.5 Å². The van der Waals surface area contributed by atoms with Crippen LogP contribution in [-0.4, -0.2) is 49.8 Å². The number of likely N-dealkylation sites (N-methyl/N-ethyl adjacent to an activating group) is 1. The Bertz CT molecular complexity index is 1840. The van der Waals surface area contributed by atoms with Gasteiger partial charge in [-0.15, -0.1) is 0 Å². The van der Waals surface area contributed by atoms with Crippen LogP contribution in [0.15, 0.2) is 58.9 Å². The van der Waals surface area contributed by atoms with Crippen molar-refractivity contribution in [3.05, 3.63) is 80.4 Å². The monoisotopic (exact) mass is 745 g/mol. The summed E-state index contributed by atoms with van der Waals surface area (Å²) in [5.74, 6) is -1.74. The summed E-state index contributed by atoms with van der Waals surface area (Å²) in [6.07, 6.45) is 17.2. The molecule has 1 aliphatic rings. The number of carboxylic acid groups (broad SMARTS) is 2. The molecule has 1 aliphatic heterocycles. The highest BCUT2D eigenvalue weighted by Crippen LogP contribution is 2.53. The van der Waals surface area contributed by atoms with Crippen LogP contribution in [0.25, 0.3) is 11.0 Å². The van der Waals surface area contributed by atoms with Crippen molar-refractivity contribution in [1.82, 2.24) is 14.5 Å². The molecule has 1 unspecified atom stereocenters. The van der Waals surface area contributed by atoms with E-state index in [-0.39, 0.29) is 24.1 Å². The lowest BCUT2D eigenvalue weighted by Crippen LogP contribution is -2.47. The number of imidazole rings is 1. The molecule has 3 aromatic rings. The van der Waals surface area contributed by atoms with Gasteiger partial charge < -0.3 is 29.4 Å². The second-order valence-electron chi connectivity index (χ2n) is 14.6. The van der Waals surface area contributed by atoms with Crippen LogP contribution in [0.1, 0.15) is 141 Å². The predicted octanol–water partition coefficient (Wildman–Crippen LogP) is 11.4. The van der Waals surface area contributed by atoms with E-state index in [9.17, 15) is 19.8 Å². The molecule has 0 bridgehead atoms. The first kappa shape index (κ1) is 41.9. The number of H-pyrrole nitrogens is 1. The van der Waals surface area contributed by atoms with E-state index in [1.54, 1.807) is 0 Å². The summed E-state index contributed by atoms with van der Waals surface area (Å²) in [5, 5.41) is 22.4. The molecule has 1 aromatic heterocycles. The predicted molar refractivity (Wildman–Crippen MR) is 218 cm³/mol. The Labute approximate surface area is 322 Å². The van der Waals surface area contributed by atoms with Gasteiger partial charge in [0.05, 0.1) is 40.7 Å². The fourth-order valence-electron chi connectivity index (χ4n) is 8.63. The lowest BCUT2D eigenvalue weighted by atomic mass is 9.62. The lowest BCUT2D eigenvalue weighted by Gasteiger charge is -2.46. The van der Waals surface area contributed by atoms with Crippen LogP contribution >= 0.6 is 12.2 Å². The van der Waals surface area contributed by atoms with Crippen molar-refractivity contribution in [2.45, 2.75) is 150 Å². The summed E-state index contributed by atoms with van der Waals surface area (Å²) < 4.78 is 8.68. The smallest absolute Gasteiger partial charge is 0.334 e. The lowest BCUT2D eigenvalue weighted by molar-refractivity contribution is -0.134. The van der Waals surface area contributed by atoms with Crippen molar-refractivity contribution in [1.29, 1.82) is 0 Å². The van der Waals surface area contributed by atoms with Gasteiger partial charge in [-0.1, -0.05) is 109 Å². The number of unbranched alkanes of at least 4 members (excludes halogenated alkanes) is 12. The van der Waals surface area contributed by atoms with Crippen molar-refractivity contribution in [3.63, 3.8) is 0 Å². The molecule has 1 atom stereocenters. The van der Waals surface area contributed by atoms with Gasteiger partial charge in [0.1, 0.15) is 5.75 Å². The number of fused-ring (bicyclic) bond motifs is 1. The molecule has 0 amide bonds. The van der Waals surface area contributed by atoms with Crippen LogP contribution in [0.5, 0.6) is 5.75 Å². The molecule has 9 heteroatoms. The summed E-state index contributed by atoms with van der Waals surface area (Å²) in [6, 6.07) is 11.9. The highest BCUT2D eigenvalue weighted by Gasteiger charge is 2.53. The normalized spacial score (nSPS) is 16.2. The Morgan fingerprint density at radius 1 is 0.811 bits per heavy atom. The second-order valence-corrected chi connectivity index (χ2v) is 15.0. The molecule has 2 heterocycles. The van der Waals surface area contributed by atoms with Crippen molar-refractivity contribution in [2.75, 3.05) is 13.2 Å². The number of benzene rings is 2. The first-order chi connectivity index (χ1) is 25.6. The van der Waals surface area contributed by atoms with E-state index < -0.39 is 17.4 Å². The maximum Gasteiger partial charge on any atom is 0.334 e. The summed E-state index contributed by atoms with van der Waals surface area (Å²) >= 11 is 5.81. The van der Waals surface area contributed by atoms with Gasteiger partial charge in [-0.2, -0.15) is 0 Å². The fraction of sp³-hybridized carbons (Fsp3) is 0.568. The Balaban J connectivity index is 1.73. The molecule has 3 N–H and O–H groups in total. The van der Waals surface area contributed by atoms with Crippen LogP contribution in [0.2, 0.25) is 0 Å². The Morgan fingerprint density at radius 3 is 1.96 bits per heavy atom. The minimum Gasteiger partial charge on any atom is -0.494 e. The molecule has 0 saturated heterocycles. The molecule has 0 saturated carbocycles. The van der Waals surface area contributed by atoms with E-state index in [0.29, 0.717) is 47.1 Å². The second kappa shape index (κ2) is 20.0. The molecule has 0 radical (unpaired) electrons. The average Bonchev–Trinajstić information content (AvgIpc) is 3.42. The first-order valence-corrected chi connectivity index (χ1v) is 20.6. The number of hydrogen-bond donors (Lipinski definition) is 3. The summed E-state index contributed by atoms with van der Waals surface area (Å²) in [4.78, 5) is 32.5. The molecule has 53 heavy (non-hydrogen) atoms. The maximum absolute atomic E-state index is 13.9. The number of allylic oxidation sites excluding steroid dienone is 2.